The maximum Gasteiger partial charge on any atom is 0.224 e. The molecule has 0 aliphatic heterocycles. The molecule has 9 heteroatoms. The van der Waals surface area contributed by atoms with Crippen molar-refractivity contribution in [3.8, 4) is 11.1 Å². The number of ketones is 1. The van der Waals surface area contributed by atoms with Crippen LogP contribution in [0.1, 0.15) is 22.3 Å². The molecule has 2 aromatic heterocycles. The summed E-state index contributed by atoms with van der Waals surface area (Å²) in [6.07, 6.45) is 3.37. The summed E-state index contributed by atoms with van der Waals surface area (Å²) in [5.74, 6) is -0.219. The van der Waals surface area contributed by atoms with Gasteiger partial charge >= 0.3 is 0 Å². The predicted octanol–water partition coefficient (Wildman–Crippen LogP) is 2.04. The topological polar surface area (TPSA) is 108 Å². The van der Waals surface area contributed by atoms with Gasteiger partial charge in [0.25, 0.3) is 0 Å². The van der Waals surface area contributed by atoms with Gasteiger partial charge in [-0.05, 0) is 30.7 Å². The molecular weight excluding hydrogens is 360 g/mol. The Hall–Kier alpha value is -2.36. The number of rotatable bonds is 5. The number of hydrogen-bond acceptors (Lipinski definition) is 7. The van der Waals surface area contributed by atoms with Crippen LogP contribution in [0.25, 0.3) is 11.1 Å². The Bertz CT molecular complexity index is 1050. The monoisotopic (exact) mass is 376 g/mol. The lowest BCUT2D eigenvalue weighted by Crippen LogP contribution is -2.06. The van der Waals surface area contributed by atoms with Gasteiger partial charge in [0.1, 0.15) is 5.01 Å². The zero-order valence-corrected chi connectivity index (χ0v) is 15.3. The lowest BCUT2D eigenvalue weighted by molar-refractivity contribution is 0.101. The van der Waals surface area contributed by atoms with Gasteiger partial charge in [0.05, 0.1) is 11.1 Å². The largest absolute Gasteiger partial charge is 0.325 e. The number of nitrogens with zero attached hydrogens (tertiary/aromatic N) is 3. The van der Waals surface area contributed by atoms with Crippen LogP contribution in [0.5, 0.6) is 0 Å². The van der Waals surface area contributed by atoms with Gasteiger partial charge in [-0.1, -0.05) is 0 Å². The van der Waals surface area contributed by atoms with Crippen LogP contribution >= 0.6 is 11.3 Å². The first-order valence-corrected chi connectivity index (χ1v) is 9.72. The third-order valence-electron chi connectivity index (χ3n) is 3.64. The van der Waals surface area contributed by atoms with Crippen LogP contribution < -0.4 is 5.73 Å². The molecule has 2 heterocycles. The Morgan fingerprint density at radius 2 is 2.04 bits per heavy atom. The van der Waals surface area contributed by atoms with Crippen LogP contribution in [0.4, 0.5) is 0 Å². The number of benzene rings is 1. The third kappa shape index (κ3) is 3.39. The van der Waals surface area contributed by atoms with E-state index in [4.69, 9.17) is 5.73 Å². The minimum absolute atomic E-state index is 0.0212. The first-order valence-electron chi connectivity index (χ1n) is 7.36. The van der Waals surface area contributed by atoms with Crippen molar-refractivity contribution in [1.29, 1.82) is 0 Å². The van der Waals surface area contributed by atoms with Crippen molar-refractivity contribution in [2.75, 3.05) is 0 Å². The molecule has 130 valence electrons. The fourth-order valence-corrected chi connectivity index (χ4v) is 4.61. The molecule has 0 fully saturated rings. The van der Waals surface area contributed by atoms with Gasteiger partial charge in [-0.3, -0.25) is 9.48 Å². The second-order valence-corrected chi connectivity index (χ2v) is 8.33. The summed E-state index contributed by atoms with van der Waals surface area (Å²) in [6.45, 7) is 1.57. The minimum Gasteiger partial charge on any atom is -0.325 e. The fourth-order valence-electron chi connectivity index (χ4n) is 2.33. The van der Waals surface area contributed by atoms with E-state index >= 15 is 0 Å². The average molecular weight is 376 g/mol. The van der Waals surface area contributed by atoms with Crippen LogP contribution in [0.3, 0.4) is 0 Å². The van der Waals surface area contributed by atoms with Gasteiger partial charge in [-0.25, -0.2) is 13.4 Å². The van der Waals surface area contributed by atoms with Gasteiger partial charge < -0.3 is 5.73 Å². The molecule has 0 aliphatic carbocycles. The number of sulfone groups is 1. The molecule has 25 heavy (non-hydrogen) atoms. The van der Waals surface area contributed by atoms with Gasteiger partial charge in [-0.2, -0.15) is 5.10 Å². The predicted molar refractivity (Wildman–Crippen MR) is 94.1 cm³/mol. The molecule has 3 aromatic rings. The molecule has 0 radical (unpaired) electrons. The first kappa shape index (κ1) is 17.5. The summed E-state index contributed by atoms with van der Waals surface area (Å²) in [5, 5.41) is 6.03. The zero-order chi connectivity index (χ0) is 18.2. The maximum absolute atomic E-state index is 12.9. The molecule has 0 bridgehead atoms. The molecule has 0 amide bonds. The molecule has 0 atom stereocenters. The molecule has 0 saturated carbocycles. The summed E-state index contributed by atoms with van der Waals surface area (Å²) in [6, 6.07) is 4.56. The number of hydrogen-bond donors (Lipinski definition) is 1. The Morgan fingerprint density at radius 1 is 1.28 bits per heavy atom. The van der Waals surface area contributed by atoms with E-state index in [-0.39, 0.29) is 22.2 Å². The van der Waals surface area contributed by atoms with Crippen molar-refractivity contribution >= 4 is 27.0 Å². The van der Waals surface area contributed by atoms with Crippen LogP contribution in [0.2, 0.25) is 0 Å². The van der Waals surface area contributed by atoms with E-state index < -0.39 is 9.84 Å². The number of thiazole rings is 1. The molecule has 2 N–H and O–H groups in total. The first-order chi connectivity index (χ1) is 11.8. The van der Waals surface area contributed by atoms with Crippen molar-refractivity contribution < 1.29 is 13.2 Å². The maximum atomic E-state index is 12.9. The number of aromatic nitrogens is 3. The van der Waals surface area contributed by atoms with E-state index in [0.717, 1.165) is 5.56 Å². The third-order valence-corrected chi connectivity index (χ3v) is 6.28. The summed E-state index contributed by atoms with van der Waals surface area (Å²) in [5.41, 5.74) is 7.15. The Labute approximate surface area is 149 Å². The molecule has 3 rings (SSSR count). The van der Waals surface area contributed by atoms with Crippen molar-refractivity contribution in [3.05, 3.63) is 46.5 Å². The van der Waals surface area contributed by atoms with E-state index in [9.17, 15) is 13.2 Å². The van der Waals surface area contributed by atoms with Crippen molar-refractivity contribution in [1.82, 2.24) is 14.8 Å². The van der Waals surface area contributed by atoms with Crippen LogP contribution in [0, 0.1) is 0 Å². The van der Waals surface area contributed by atoms with Crippen molar-refractivity contribution in [3.63, 3.8) is 0 Å². The lowest BCUT2D eigenvalue weighted by atomic mass is 10.0. The Morgan fingerprint density at radius 3 is 2.60 bits per heavy atom. The molecule has 0 aliphatic rings. The standard InChI is InChI=1S/C16H16N4O3S2/c1-10(21)11-3-12(13-7-18-20(2)8-13)5-14(4-11)25(22,23)16-9-24-15(6-17)19-16/h3-5,7-9H,6,17H2,1-2H3. The smallest absolute Gasteiger partial charge is 0.224 e. The Kier molecular flexibility index (Phi) is 4.55. The zero-order valence-electron chi connectivity index (χ0n) is 13.6. The van der Waals surface area contributed by atoms with E-state index in [1.165, 1.54) is 35.8 Å². The average Bonchev–Trinajstić information content (AvgIpc) is 3.23. The quantitative estimate of drug-likeness (QED) is 0.683. The molecule has 0 unspecified atom stereocenters. The molecule has 0 spiro atoms. The van der Waals surface area contributed by atoms with Gasteiger partial charge in [0.2, 0.25) is 9.84 Å². The Balaban J connectivity index is 2.17. The molecule has 1 aromatic carbocycles. The van der Waals surface area contributed by atoms with Gasteiger partial charge in [0, 0.05) is 36.3 Å². The van der Waals surface area contributed by atoms with E-state index in [1.807, 2.05) is 0 Å². The molecule has 7 nitrogen and oxygen atoms in total. The van der Waals surface area contributed by atoms with Crippen LogP contribution in [-0.4, -0.2) is 29.0 Å². The fraction of sp³-hybridized carbons (Fsp3) is 0.188. The number of carbonyl (C=O) groups is 1. The normalized spacial score (nSPS) is 11.6. The van der Waals surface area contributed by atoms with E-state index in [1.54, 1.807) is 30.2 Å². The lowest BCUT2D eigenvalue weighted by Gasteiger charge is -2.07. The SMILES string of the molecule is CC(=O)c1cc(-c2cnn(C)c2)cc(S(=O)(=O)c2csc(CN)n2)c1. The minimum atomic E-state index is -3.84. The van der Waals surface area contributed by atoms with Crippen LogP contribution in [-0.2, 0) is 23.4 Å². The highest BCUT2D eigenvalue weighted by Crippen LogP contribution is 2.29. The van der Waals surface area contributed by atoms with Gasteiger partial charge in [-0.15, -0.1) is 11.3 Å². The highest BCUT2D eigenvalue weighted by molar-refractivity contribution is 7.91. The molecular formula is C16H16N4O3S2. The van der Waals surface area contributed by atoms with E-state index in [2.05, 4.69) is 10.1 Å². The number of aryl methyl sites for hydroxylation is 1. The highest BCUT2D eigenvalue weighted by Gasteiger charge is 2.23. The summed E-state index contributed by atoms with van der Waals surface area (Å²) >= 11 is 1.19. The van der Waals surface area contributed by atoms with E-state index in [0.29, 0.717) is 16.1 Å². The van der Waals surface area contributed by atoms with Crippen LogP contribution in [0.15, 0.2) is 45.9 Å². The van der Waals surface area contributed by atoms with Crippen molar-refractivity contribution in [2.24, 2.45) is 12.8 Å². The summed E-state index contributed by atoms with van der Waals surface area (Å²) in [7, 11) is -2.08. The summed E-state index contributed by atoms with van der Waals surface area (Å²) in [4.78, 5) is 15.9. The second kappa shape index (κ2) is 6.51. The number of carbonyl (C=O) groups excluding carboxylic acids is 1. The van der Waals surface area contributed by atoms with Gasteiger partial charge in [0.15, 0.2) is 10.8 Å². The second-order valence-electron chi connectivity index (χ2n) is 5.49. The summed E-state index contributed by atoms with van der Waals surface area (Å²) < 4.78 is 27.4. The molecule has 0 saturated heterocycles. The number of nitrogens with two attached hydrogens (primary N) is 1. The number of Topliss-reactive ketones (excluding diaryl/α,β-unsaturated/α-hetero) is 1. The highest BCUT2D eigenvalue weighted by atomic mass is 32.2. The van der Waals surface area contributed by atoms with Crippen molar-refractivity contribution in [2.45, 2.75) is 23.4 Å².